The molecule has 3 aromatic carbocycles. The highest BCUT2D eigenvalue weighted by molar-refractivity contribution is 9.10. The van der Waals surface area contributed by atoms with Gasteiger partial charge >= 0.3 is 0 Å². The summed E-state index contributed by atoms with van der Waals surface area (Å²) in [6.07, 6.45) is 5.53. The number of rotatable bonds is 12. The van der Waals surface area contributed by atoms with Crippen LogP contribution in [0.3, 0.4) is 0 Å². The molecule has 1 saturated carbocycles. The van der Waals surface area contributed by atoms with E-state index in [0.29, 0.717) is 22.3 Å². The third-order valence-corrected chi connectivity index (χ3v) is 10.2. The zero-order valence-corrected chi connectivity index (χ0v) is 27.4. The van der Waals surface area contributed by atoms with Crippen LogP contribution in [-0.2, 0) is 26.2 Å². The predicted octanol–water partition coefficient (Wildman–Crippen LogP) is 6.22. The number of ether oxygens (including phenoxy) is 1. The fourth-order valence-corrected chi connectivity index (χ4v) is 7.55. The number of halogens is 1. The summed E-state index contributed by atoms with van der Waals surface area (Å²) in [5, 5.41) is 3.17. The average molecular weight is 671 g/mol. The molecule has 0 bridgehead atoms. The molecule has 0 heterocycles. The molecule has 1 N–H and O–H groups in total. The van der Waals surface area contributed by atoms with Crippen LogP contribution in [-0.4, -0.2) is 50.9 Å². The molecule has 0 saturated heterocycles. The van der Waals surface area contributed by atoms with Gasteiger partial charge in [-0.2, -0.15) is 0 Å². The van der Waals surface area contributed by atoms with Crippen LogP contribution in [0.2, 0.25) is 0 Å². The second kappa shape index (κ2) is 14.9. The highest BCUT2D eigenvalue weighted by Crippen LogP contribution is 2.31. The van der Waals surface area contributed by atoms with Crippen molar-refractivity contribution in [1.82, 2.24) is 10.2 Å². The van der Waals surface area contributed by atoms with Crippen LogP contribution in [0.4, 0.5) is 5.69 Å². The summed E-state index contributed by atoms with van der Waals surface area (Å²) in [4.78, 5) is 29.4. The van der Waals surface area contributed by atoms with Gasteiger partial charge in [0.05, 0.1) is 22.2 Å². The minimum Gasteiger partial charge on any atom is -0.496 e. The Morgan fingerprint density at radius 3 is 2.28 bits per heavy atom. The second-order valence-corrected chi connectivity index (χ2v) is 13.6. The number of sulfonamides is 1. The van der Waals surface area contributed by atoms with Gasteiger partial charge in [-0.05, 0) is 78.0 Å². The molecule has 0 aromatic heterocycles. The molecule has 43 heavy (non-hydrogen) atoms. The lowest BCUT2D eigenvalue weighted by atomic mass is 9.95. The van der Waals surface area contributed by atoms with Crippen molar-refractivity contribution in [2.45, 2.75) is 75.9 Å². The number of amides is 2. The maximum Gasteiger partial charge on any atom is 0.264 e. The molecule has 230 valence electrons. The summed E-state index contributed by atoms with van der Waals surface area (Å²) in [5.41, 5.74) is 2.16. The molecule has 1 atom stereocenters. The minimum absolute atomic E-state index is 0.00485. The standard InChI is InChI=1S/C33H40BrN3O5S/c1-4-30(33(39)35-26-13-9-6-10-14-26)36(22-25-11-7-5-8-12-25)32(38)23-37(27-17-15-24(2)16-18-27)43(40,41)28-19-20-31(42-3)29(34)21-28/h5,7-8,11-12,15-21,26,30H,4,6,9-10,13-14,22-23H2,1-3H3,(H,35,39)/t30-/m0/s1. The Hall–Kier alpha value is -3.37. The number of benzene rings is 3. The summed E-state index contributed by atoms with van der Waals surface area (Å²) in [5.74, 6) is -0.186. The van der Waals surface area contributed by atoms with E-state index >= 15 is 0 Å². The van der Waals surface area contributed by atoms with Crippen molar-refractivity contribution in [2.75, 3.05) is 18.0 Å². The SMILES string of the molecule is CC[C@@H](C(=O)NC1CCCCC1)N(Cc1ccccc1)C(=O)CN(c1ccc(C)cc1)S(=O)(=O)c1ccc(OC)c(Br)c1. The Balaban J connectivity index is 1.70. The van der Waals surface area contributed by atoms with Crippen molar-refractivity contribution >= 4 is 43.5 Å². The van der Waals surface area contributed by atoms with Gasteiger partial charge in [-0.25, -0.2) is 8.42 Å². The smallest absolute Gasteiger partial charge is 0.264 e. The number of nitrogens with one attached hydrogen (secondary N) is 1. The van der Waals surface area contributed by atoms with E-state index in [4.69, 9.17) is 4.74 Å². The van der Waals surface area contributed by atoms with Crippen LogP contribution < -0.4 is 14.4 Å². The van der Waals surface area contributed by atoms with Crippen LogP contribution in [0.25, 0.3) is 0 Å². The van der Waals surface area contributed by atoms with E-state index in [9.17, 15) is 18.0 Å². The predicted molar refractivity (Wildman–Crippen MR) is 172 cm³/mol. The molecular formula is C33H40BrN3O5S. The first-order chi connectivity index (χ1) is 20.6. The summed E-state index contributed by atoms with van der Waals surface area (Å²) >= 11 is 3.38. The van der Waals surface area contributed by atoms with E-state index in [-0.39, 0.29) is 23.4 Å². The number of carbonyl (C=O) groups excluding carboxylic acids is 2. The first-order valence-electron chi connectivity index (χ1n) is 14.7. The van der Waals surface area contributed by atoms with E-state index in [1.54, 1.807) is 30.3 Å². The van der Waals surface area contributed by atoms with E-state index in [1.165, 1.54) is 24.1 Å². The van der Waals surface area contributed by atoms with Gasteiger partial charge in [0.1, 0.15) is 18.3 Å². The highest BCUT2D eigenvalue weighted by Gasteiger charge is 2.34. The van der Waals surface area contributed by atoms with Gasteiger partial charge in [0.2, 0.25) is 11.8 Å². The van der Waals surface area contributed by atoms with Gasteiger partial charge in [-0.1, -0.05) is 74.2 Å². The van der Waals surface area contributed by atoms with Crippen LogP contribution in [0, 0.1) is 6.92 Å². The van der Waals surface area contributed by atoms with Crippen LogP contribution in [0.1, 0.15) is 56.6 Å². The van der Waals surface area contributed by atoms with Crippen molar-refractivity contribution in [3.8, 4) is 5.75 Å². The molecule has 1 fully saturated rings. The molecule has 2 amide bonds. The third-order valence-electron chi connectivity index (χ3n) is 7.85. The lowest BCUT2D eigenvalue weighted by molar-refractivity contribution is -0.140. The molecule has 10 heteroatoms. The number of anilines is 1. The van der Waals surface area contributed by atoms with E-state index in [2.05, 4.69) is 21.2 Å². The molecular weight excluding hydrogens is 630 g/mol. The Morgan fingerprint density at radius 2 is 1.67 bits per heavy atom. The lowest BCUT2D eigenvalue weighted by Gasteiger charge is -2.34. The molecule has 0 unspecified atom stereocenters. The molecule has 8 nitrogen and oxygen atoms in total. The first kappa shape index (κ1) is 32.5. The number of nitrogens with zero attached hydrogens (tertiary/aromatic N) is 2. The third kappa shape index (κ3) is 8.17. The van der Waals surface area contributed by atoms with Crippen LogP contribution >= 0.6 is 15.9 Å². The Labute approximate surface area is 263 Å². The number of aryl methyl sites for hydroxylation is 1. The molecule has 0 radical (unpaired) electrons. The maximum absolute atomic E-state index is 14.3. The monoisotopic (exact) mass is 669 g/mol. The number of hydrogen-bond acceptors (Lipinski definition) is 5. The zero-order chi connectivity index (χ0) is 31.0. The summed E-state index contributed by atoms with van der Waals surface area (Å²) in [6.45, 7) is 3.48. The molecule has 1 aliphatic rings. The molecule has 0 aliphatic heterocycles. The quantitative estimate of drug-likeness (QED) is 0.247. The number of hydrogen-bond donors (Lipinski definition) is 1. The van der Waals surface area contributed by atoms with Gasteiger partial charge in [0, 0.05) is 12.6 Å². The summed E-state index contributed by atoms with van der Waals surface area (Å²) < 4.78 is 35.1. The molecule has 0 spiro atoms. The highest BCUT2D eigenvalue weighted by atomic mass is 79.9. The van der Waals surface area contributed by atoms with Gasteiger partial charge < -0.3 is 15.0 Å². The fourth-order valence-electron chi connectivity index (χ4n) is 5.42. The van der Waals surface area contributed by atoms with Crippen molar-refractivity contribution in [1.29, 1.82) is 0 Å². The van der Waals surface area contributed by atoms with Crippen LogP contribution in [0.5, 0.6) is 5.75 Å². The van der Waals surface area contributed by atoms with Crippen molar-refractivity contribution in [3.05, 3.63) is 88.4 Å². The Kier molecular flexibility index (Phi) is 11.3. The van der Waals surface area contributed by atoms with Gasteiger partial charge in [0.15, 0.2) is 0 Å². The van der Waals surface area contributed by atoms with Crippen LogP contribution in [0.15, 0.2) is 82.2 Å². The molecule has 3 aromatic rings. The van der Waals surface area contributed by atoms with E-state index in [1.807, 2.05) is 44.2 Å². The maximum atomic E-state index is 14.3. The largest absolute Gasteiger partial charge is 0.496 e. The Bertz CT molecular complexity index is 1490. The normalized spacial score (nSPS) is 14.5. The Morgan fingerprint density at radius 1 is 1.00 bits per heavy atom. The lowest BCUT2D eigenvalue weighted by Crippen LogP contribution is -2.54. The van der Waals surface area contributed by atoms with Gasteiger partial charge in [0.25, 0.3) is 10.0 Å². The van der Waals surface area contributed by atoms with E-state index < -0.39 is 28.5 Å². The van der Waals surface area contributed by atoms with E-state index in [0.717, 1.165) is 47.5 Å². The number of carbonyl (C=O) groups is 2. The second-order valence-electron chi connectivity index (χ2n) is 10.9. The van der Waals surface area contributed by atoms with Crippen molar-refractivity contribution in [3.63, 3.8) is 0 Å². The zero-order valence-electron chi connectivity index (χ0n) is 25.0. The summed E-state index contributed by atoms with van der Waals surface area (Å²) in [6, 6.07) is 20.3. The van der Waals surface area contributed by atoms with Gasteiger partial charge in [-0.15, -0.1) is 0 Å². The fraction of sp³-hybridized carbons (Fsp3) is 0.394. The average Bonchev–Trinajstić information content (AvgIpc) is 3.01. The van der Waals surface area contributed by atoms with Gasteiger partial charge in [-0.3, -0.25) is 13.9 Å². The van der Waals surface area contributed by atoms with Crippen molar-refractivity contribution in [2.24, 2.45) is 0 Å². The topological polar surface area (TPSA) is 96.0 Å². The van der Waals surface area contributed by atoms with Crippen molar-refractivity contribution < 1.29 is 22.7 Å². The summed E-state index contributed by atoms with van der Waals surface area (Å²) in [7, 11) is -2.69. The number of methoxy groups -OCH3 is 1. The first-order valence-corrected chi connectivity index (χ1v) is 16.9. The molecule has 4 rings (SSSR count). The minimum atomic E-state index is -4.19. The molecule has 1 aliphatic carbocycles.